The van der Waals surface area contributed by atoms with Crippen LogP contribution in [0.15, 0.2) is 65.6 Å². The molecule has 1 amide bonds. The van der Waals surface area contributed by atoms with E-state index in [4.69, 9.17) is 5.73 Å². The molecule has 3 aromatic rings. The number of nitrogen functional groups attached to an aromatic ring is 1. The fraction of sp³-hybridized carbons (Fsp3) is 0.280. The molecule has 4 rings (SSSR count). The van der Waals surface area contributed by atoms with Gasteiger partial charge in [-0.1, -0.05) is 45.0 Å². The summed E-state index contributed by atoms with van der Waals surface area (Å²) >= 11 is 0. The molecule has 1 fully saturated rings. The summed E-state index contributed by atoms with van der Waals surface area (Å²) in [7, 11) is -2.64. The molecule has 0 spiro atoms. The molecular weight excluding hydrogens is 406 g/mol. The lowest BCUT2D eigenvalue weighted by Crippen LogP contribution is -2.28. The Morgan fingerprint density at radius 2 is 1.52 bits per heavy atom. The summed E-state index contributed by atoms with van der Waals surface area (Å²) in [4.78, 5) is 14.0. The first-order valence-electron chi connectivity index (χ1n) is 10.5. The first-order valence-corrected chi connectivity index (χ1v) is 12.1. The van der Waals surface area contributed by atoms with E-state index >= 15 is 0 Å². The highest BCUT2D eigenvalue weighted by atomic mass is 32.2. The molecule has 1 unspecified atom stereocenters. The summed E-state index contributed by atoms with van der Waals surface area (Å²) in [5.41, 5.74) is 7.85. The monoisotopic (exact) mass is 435 g/mol. The normalized spacial score (nSPS) is 15.8. The number of anilines is 3. The van der Waals surface area contributed by atoms with Gasteiger partial charge >= 0.3 is 0 Å². The predicted octanol–water partition coefficient (Wildman–Crippen LogP) is 5.43. The minimum atomic E-state index is -2.64. The number of hydrogen-bond acceptors (Lipinski definition) is 3. The van der Waals surface area contributed by atoms with Crippen LogP contribution in [-0.2, 0) is 14.5 Å². The Balaban J connectivity index is 1.71. The second-order valence-electron chi connectivity index (χ2n) is 9.03. The fourth-order valence-electron chi connectivity index (χ4n) is 3.54. The molecule has 0 heterocycles. The molecule has 3 aromatic carbocycles. The lowest BCUT2D eigenvalue weighted by molar-refractivity contribution is -0.123. The Morgan fingerprint density at radius 3 is 2.10 bits per heavy atom. The van der Waals surface area contributed by atoms with Gasteiger partial charge in [0.2, 0.25) is 5.91 Å². The van der Waals surface area contributed by atoms with Crippen molar-refractivity contribution in [3.05, 3.63) is 60.7 Å². The van der Waals surface area contributed by atoms with E-state index in [0.717, 1.165) is 45.5 Å². The molecule has 1 aliphatic carbocycles. The van der Waals surface area contributed by atoms with E-state index in [2.05, 4.69) is 10.0 Å². The smallest absolute Gasteiger partial charge is 0.229 e. The average molecular weight is 436 g/mol. The van der Waals surface area contributed by atoms with Gasteiger partial charge in [-0.2, -0.15) is 0 Å². The maximum atomic E-state index is 14.4. The van der Waals surface area contributed by atoms with E-state index in [1.54, 1.807) is 0 Å². The van der Waals surface area contributed by atoms with Crippen LogP contribution in [0.2, 0.25) is 0 Å². The molecule has 0 radical (unpaired) electrons. The minimum absolute atomic E-state index is 0.0460. The van der Waals surface area contributed by atoms with Crippen LogP contribution in [0.4, 0.5) is 17.1 Å². The lowest BCUT2D eigenvalue weighted by Gasteiger charge is -2.26. The minimum Gasteiger partial charge on any atom is -0.398 e. The van der Waals surface area contributed by atoms with Crippen molar-refractivity contribution in [3.63, 3.8) is 0 Å². The second kappa shape index (κ2) is 7.93. The molecule has 0 saturated heterocycles. The van der Waals surface area contributed by atoms with Gasteiger partial charge in [-0.05, 0) is 55.7 Å². The van der Waals surface area contributed by atoms with Gasteiger partial charge in [0.1, 0.15) is 0 Å². The van der Waals surface area contributed by atoms with Gasteiger partial charge in [0.05, 0.1) is 14.6 Å². The van der Waals surface area contributed by atoms with Crippen molar-refractivity contribution < 1.29 is 9.00 Å². The lowest BCUT2D eigenvalue weighted by atomic mass is 9.95. The SMILES string of the molecule is CC(C)(C)C(=O)Nc1ccc(NS(=O)(=C2CCC2)c2ccc(N)c3ccccc23)cc1. The van der Waals surface area contributed by atoms with Gasteiger partial charge < -0.3 is 15.8 Å². The third-order valence-corrected chi connectivity index (χ3v) is 8.35. The topological polar surface area (TPSA) is 84.2 Å². The molecule has 1 aliphatic rings. The molecule has 1 saturated carbocycles. The van der Waals surface area contributed by atoms with Crippen molar-refractivity contribution in [1.29, 1.82) is 0 Å². The number of benzene rings is 3. The second-order valence-corrected chi connectivity index (χ2v) is 11.4. The van der Waals surface area contributed by atoms with Crippen LogP contribution in [0.25, 0.3) is 10.8 Å². The van der Waals surface area contributed by atoms with Crippen LogP contribution in [-0.4, -0.2) is 15.0 Å². The number of rotatable bonds is 4. The van der Waals surface area contributed by atoms with E-state index in [1.807, 2.05) is 81.4 Å². The van der Waals surface area contributed by atoms with Crippen LogP contribution in [0.3, 0.4) is 0 Å². The molecule has 5 nitrogen and oxygen atoms in total. The zero-order valence-electron chi connectivity index (χ0n) is 18.2. The summed E-state index contributed by atoms with van der Waals surface area (Å²) in [5.74, 6) is -0.0460. The Hall–Kier alpha value is -2.99. The number of carbonyl (C=O) groups excluding carboxylic acids is 1. The average Bonchev–Trinajstić information content (AvgIpc) is 2.67. The van der Waals surface area contributed by atoms with Crippen molar-refractivity contribution in [2.75, 3.05) is 15.8 Å². The number of carbonyl (C=O) groups is 1. The zero-order chi connectivity index (χ0) is 22.2. The van der Waals surface area contributed by atoms with Gasteiger partial charge in [0.25, 0.3) is 0 Å². The van der Waals surface area contributed by atoms with Crippen molar-refractivity contribution in [2.24, 2.45) is 5.41 Å². The first-order chi connectivity index (χ1) is 14.7. The molecule has 162 valence electrons. The standard InChI is InChI=1S/C25H29N3O2S/c1-25(2,3)24(29)27-17-11-13-18(14-12-17)28-31(30,19-7-6-8-19)23-16-15-22(26)20-9-4-5-10-21(20)23/h4-5,9-16H,6-8,26H2,1-3H3,(H,27,29)(H,28,30). The highest BCUT2D eigenvalue weighted by molar-refractivity contribution is 8.03. The molecule has 1 atom stereocenters. The Morgan fingerprint density at radius 1 is 0.903 bits per heavy atom. The van der Waals surface area contributed by atoms with Crippen molar-refractivity contribution in [1.82, 2.24) is 0 Å². The third-order valence-electron chi connectivity index (χ3n) is 5.63. The molecule has 0 aliphatic heterocycles. The third kappa shape index (κ3) is 4.12. The van der Waals surface area contributed by atoms with Gasteiger partial charge in [0, 0.05) is 38.1 Å². The maximum Gasteiger partial charge on any atom is 0.229 e. The van der Waals surface area contributed by atoms with E-state index in [9.17, 15) is 9.00 Å². The van der Waals surface area contributed by atoms with Gasteiger partial charge in [-0.25, -0.2) is 4.21 Å². The van der Waals surface area contributed by atoms with Crippen molar-refractivity contribution in [3.8, 4) is 0 Å². The van der Waals surface area contributed by atoms with Crippen LogP contribution in [0.5, 0.6) is 0 Å². The van der Waals surface area contributed by atoms with Crippen molar-refractivity contribution >= 4 is 48.3 Å². The van der Waals surface area contributed by atoms with Crippen LogP contribution in [0.1, 0.15) is 40.0 Å². The molecule has 0 aromatic heterocycles. The van der Waals surface area contributed by atoms with E-state index in [-0.39, 0.29) is 5.91 Å². The Labute approximate surface area is 184 Å². The summed E-state index contributed by atoms with van der Waals surface area (Å²) in [6, 6.07) is 18.9. The van der Waals surface area contributed by atoms with Gasteiger partial charge in [-0.3, -0.25) is 4.79 Å². The Bertz CT molecular complexity index is 1260. The molecule has 4 N–H and O–H groups in total. The largest absolute Gasteiger partial charge is 0.398 e. The summed E-state index contributed by atoms with van der Waals surface area (Å²) in [6.07, 6.45) is 2.76. The van der Waals surface area contributed by atoms with Crippen LogP contribution in [0, 0.1) is 5.41 Å². The number of amides is 1. The molecule has 31 heavy (non-hydrogen) atoms. The van der Waals surface area contributed by atoms with E-state index < -0.39 is 15.1 Å². The summed E-state index contributed by atoms with van der Waals surface area (Å²) < 4.78 is 17.7. The molecular formula is C25H29N3O2S. The quantitative estimate of drug-likeness (QED) is 0.377. The highest BCUT2D eigenvalue weighted by Gasteiger charge is 2.25. The number of hydrogen-bond donors (Lipinski definition) is 3. The summed E-state index contributed by atoms with van der Waals surface area (Å²) in [6.45, 7) is 5.63. The van der Waals surface area contributed by atoms with Crippen LogP contribution < -0.4 is 15.8 Å². The van der Waals surface area contributed by atoms with Gasteiger partial charge in [-0.15, -0.1) is 0 Å². The number of nitrogens with two attached hydrogens (primary N) is 1. The highest BCUT2D eigenvalue weighted by Crippen LogP contribution is 2.33. The summed E-state index contributed by atoms with van der Waals surface area (Å²) in [5, 5.41) is 4.74. The Kier molecular flexibility index (Phi) is 5.43. The molecule has 6 heteroatoms. The first kappa shape index (κ1) is 21.2. The van der Waals surface area contributed by atoms with Crippen molar-refractivity contribution in [2.45, 2.75) is 44.9 Å². The zero-order valence-corrected chi connectivity index (χ0v) is 19.0. The van der Waals surface area contributed by atoms with E-state index in [0.29, 0.717) is 11.4 Å². The van der Waals surface area contributed by atoms with E-state index in [1.165, 1.54) is 0 Å². The van der Waals surface area contributed by atoms with Crippen LogP contribution >= 0.6 is 0 Å². The number of nitrogens with one attached hydrogen (secondary N) is 2. The predicted molar refractivity (Wildman–Crippen MR) is 132 cm³/mol. The number of fused-ring (bicyclic) bond motifs is 1. The fourth-order valence-corrected chi connectivity index (χ4v) is 6.19. The maximum absolute atomic E-state index is 14.4. The molecule has 0 bridgehead atoms. The van der Waals surface area contributed by atoms with Gasteiger partial charge in [0.15, 0.2) is 0 Å².